The highest BCUT2D eigenvalue weighted by molar-refractivity contribution is 14.1. The summed E-state index contributed by atoms with van der Waals surface area (Å²) in [4.78, 5) is 22.3. The topological polar surface area (TPSA) is 72.2 Å². The van der Waals surface area contributed by atoms with Crippen LogP contribution in [0.2, 0.25) is 0 Å². The average molecular weight is 494 g/mol. The van der Waals surface area contributed by atoms with Crippen molar-refractivity contribution in [3.63, 3.8) is 0 Å². The van der Waals surface area contributed by atoms with Crippen LogP contribution in [0, 0.1) is 17.3 Å². The van der Waals surface area contributed by atoms with E-state index in [2.05, 4.69) is 27.9 Å². The van der Waals surface area contributed by atoms with Crippen molar-refractivity contribution in [3.8, 4) is 0 Å². The Balaban J connectivity index is 2.21. The number of non-ortho nitro benzene ring substituents is 1. The van der Waals surface area contributed by atoms with E-state index < -0.39 is 4.92 Å². The number of benzene rings is 2. The fourth-order valence-corrected chi connectivity index (χ4v) is 2.64. The molecule has 0 aliphatic rings. The number of nitro groups is 1. The Morgan fingerprint density at radius 2 is 1.75 bits per heavy atom. The summed E-state index contributed by atoms with van der Waals surface area (Å²) in [5.74, 6) is -0.287. The summed E-state index contributed by atoms with van der Waals surface area (Å²) >= 11 is 4.10. The van der Waals surface area contributed by atoms with Crippen LogP contribution in [0.5, 0.6) is 0 Å². The van der Waals surface area contributed by atoms with Gasteiger partial charge in [-0.25, -0.2) is 0 Å². The predicted molar refractivity (Wildman–Crippen MR) is 92.9 cm³/mol. The second-order valence-electron chi connectivity index (χ2n) is 3.88. The van der Waals surface area contributed by atoms with Crippen molar-refractivity contribution in [1.82, 2.24) is 0 Å². The molecule has 0 saturated carbocycles. The monoisotopic (exact) mass is 494 g/mol. The maximum Gasteiger partial charge on any atom is 0.270 e. The van der Waals surface area contributed by atoms with Crippen molar-refractivity contribution < 1.29 is 9.72 Å². The molecule has 0 atom stereocenters. The Morgan fingerprint density at radius 3 is 2.30 bits per heavy atom. The van der Waals surface area contributed by atoms with Gasteiger partial charge in [-0.1, -0.05) is 0 Å². The van der Waals surface area contributed by atoms with Gasteiger partial charge in [-0.05, 0) is 75.5 Å². The van der Waals surface area contributed by atoms with Crippen LogP contribution in [0.25, 0.3) is 0 Å². The second kappa shape index (κ2) is 6.48. The quantitative estimate of drug-likeness (QED) is 0.398. The van der Waals surface area contributed by atoms with E-state index in [1.54, 1.807) is 12.1 Å². The molecule has 7 heteroatoms. The van der Waals surface area contributed by atoms with Crippen LogP contribution in [-0.2, 0) is 0 Å². The highest BCUT2D eigenvalue weighted by Gasteiger charge is 2.14. The van der Waals surface area contributed by atoms with E-state index in [1.807, 2.05) is 34.7 Å². The zero-order chi connectivity index (χ0) is 14.7. The molecule has 2 aromatic carbocycles. The molecular weight excluding hydrogens is 486 g/mol. The third-order valence-electron chi connectivity index (χ3n) is 2.51. The van der Waals surface area contributed by atoms with Crippen LogP contribution in [0.3, 0.4) is 0 Å². The average Bonchev–Trinajstić information content (AvgIpc) is 2.41. The van der Waals surface area contributed by atoms with Crippen molar-refractivity contribution in [2.75, 3.05) is 5.32 Å². The number of amides is 1. The molecule has 0 unspecified atom stereocenters. The summed E-state index contributed by atoms with van der Waals surface area (Å²) in [5, 5.41) is 13.4. The van der Waals surface area contributed by atoms with Crippen LogP contribution >= 0.6 is 45.2 Å². The second-order valence-corrected chi connectivity index (χ2v) is 6.29. The van der Waals surface area contributed by atoms with E-state index in [0.717, 1.165) is 3.57 Å². The highest BCUT2D eigenvalue weighted by atomic mass is 127. The molecule has 2 aromatic rings. The number of nitrogens with zero attached hydrogens (tertiary/aromatic N) is 1. The standard InChI is InChI=1S/C13H8I2N2O3/c14-8-1-3-9(4-2-8)16-13(18)11-6-5-10(17(19)20)7-12(11)15/h1-7H,(H,16,18). The molecule has 0 radical (unpaired) electrons. The molecule has 2 rings (SSSR count). The summed E-state index contributed by atoms with van der Waals surface area (Å²) in [6.07, 6.45) is 0. The maximum atomic E-state index is 12.1. The first-order valence-corrected chi connectivity index (χ1v) is 7.64. The lowest BCUT2D eigenvalue weighted by Gasteiger charge is -2.07. The summed E-state index contributed by atoms with van der Waals surface area (Å²) in [6, 6.07) is 11.5. The molecule has 0 bridgehead atoms. The Bertz CT molecular complexity index is 672. The minimum atomic E-state index is -0.483. The fourth-order valence-electron chi connectivity index (χ4n) is 1.53. The lowest BCUT2D eigenvalue weighted by Crippen LogP contribution is -2.13. The zero-order valence-electron chi connectivity index (χ0n) is 9.97. The number of hydrogen-bond donors (Lipinski definition) is 1. The van der Waals surface area contributed by atoms with Gasteiger partial charge >= 0.3 is 0 Å². The molecule has 0 aliphatic heterocycles. The van der Waals surface area contributed by atoms with Crippen LogP contribution < -0.4 is 5.32 Å². The van der Waals surface area contributed by atoms with Gasteiger partial charge in [0.1, 0.15) is 0 Å². The van der Waals surface area contributed by atoms with E-state index in [-0.39, 0.29) is 11.6 Å². The number of anilines is 1. The van der Waals surface area contributed by atoms with Crippen molar-refractivity contribution in [3.05, 3.63) is 65.3 Å². The number of nitro benzene ring substituents is 1. The minimum absolute atomic E-state index is 0.0276. The molecule has 1 amide bonds. The lowest BCUT2D eigenvalue weighted by atomic mass is 10.2. The van der Waals surface area contributed by atoms with Gasteiger partial charge in [0.05, 0.1) is 10.5 Å². The Labute approximate surface area is 142 Å². The number of rotatable bonds is 3. The summed E-state index contributed by atoms with van der Waals surface area (Å²) in [7, 11) is 0. The van der Waals surface area contributed by atoms with Crippen molar-refractivity contribution in [2.45, 2.75) is 0 Å². The van der Waals surface area contributed by atoms with Crippen LogP contribution in [0.4, 0.5) is 11.4 Å². The molecular formula is C13H8I2N2O3. The minimum Gasteiger partial charge on any atom is -0.322 e. The van der Waals surface area contributed by atoms with Crippen LogP contribution in [0.1, 0.15) is 10.4 Å². The molecule has 20 heavy (non-hydrogen) atoms. The van der Waals surface area contributed by atoms with Gasteiger partial charge in [-0.15, -0.1) is 0 Å². The normalized spacial score (nSPS) is 10.1. The molecule has 1 N–H and O–H groups in total. The van der Waals surface area contributed by atoms with Gasteiger partial charge in [0, 0.05) is 25.0 Å². The fraction of sp³-hybridized carbons (Fsp3) is 0. The third-order valence-corrected chi connectivity index (χ3v) is 4.12. The molecule has 5 nitrogen and oxygen atoms in total. The van der Waals surface area contributed by atoms with E-state index >= 15 is 0 Å². The first-order valence-electron chi connectivity index (χ1n) is 5.48. The lowest BCUT2D eigenvalue weighted by molar-refractivity contribution is -0.384. The predicted octanol–water partition coefficient (Wildman–Crippen LogP) is 4.06. The summed E-state index contributed by atoms with van der Waals surface area (Å²) < 4.78 is 1.62. The van der Waals surface area contributed by atoms with Gasteiger partial charge in [0.2, 0.25) is 0 Å². The first-order chi connectivity index (χ1) is 9.47. The van der Waals surface area contributed by atoms with Gasteiger partial charge in [-0.3, -0.25) is 14.9 Å². The molecule has 102 valence electrons. The SMILES string of the molecule is O=C(Nc1ccc(I)cc1)c1ccc([N+](=O)[O-])cc1I. The Hall–Kier alpha value is -1.23. The number of halogens is 2. The van der Waals surface area contributed by atoms with Crippen LogP contribution in [-0.4, -0.2) is 10.8 Å². The molecule has 0 aromatic heterocycles. The third kappa shape index (κ3) is 3.66. The molecule has 0 spiro atoms. The van der Waals surface area contributed by atoms with Crippen molar-refractivity contribution >= 4 is 62.5 Å². The van der Waals surface area contributed by atoms with Gasteiger partial charge in [0.15, 0.2) is 0 Å². The zero-order valence-corrected chi connectivity index (χ0v) is 14.3. The van der Waals surface area contributed by atoms with E-state index in [0.29, 0.717) is 14.8 Å². The van der Waals surface area contributed by atoms with Crippen molar-refractivity contribution in [1.29, 1.82) is 0 Å². The molecule has 0 aliphatic carbocycles. The van der Waals surface area contributed by atoms with E-state index in [1.165, 1.54) is 18.2 Å². The van der Waals surface area contributed by atoms with E-state index in [9.17, 15) is 14.9 Å². The summed E-state index contributed by atoms with van der Waals surface area (Å²) in [6.45, 7) is 0. The van der Waals surface area contributed by atoms with Crippen LogP contribution in [0.15, 0.2) is 42.5 Å². The number of carbonyl (C=O) groups is 1. The van der Waals surface area contributed by atoms with Gasteiger partial charge < -0.3 is 5.32 Å². The molecule has 0 heterocycles. The highest BCUT2D eigenvalue weighted by Crippen LogP contribution is 2.21. The first kappa shape index (κ1) is 15.2. The molecule has 0 saturated heterocycles. The summed E-state index contributed by atoms with van der Waals surface area (Å²) in [5.41, 5.74) is 1.07. The maximum absolute atomic E-state index is 12.1. The van der Waals surface area contributed by atoms with Gasteiger partial charge in [0.25, 0.3) is 11.6 Å². The van der Waals surface area contributed by atoms with Gasteiger partial charge in [-0.2, -0.15) is 0 Å². The number of carbonyl (C=O) groups excluding carboxylic acids is 1. The number of hydrogen-bond acceptors (Lipinski definition) is 3. The largest absolute Gasteiger partial charge is 0.322 e. The Morgan fingerprint density at radius 1 is 1.10 bits per heavy atom. The number of nitrogens with one attached hydrogen (secondary N) is 1. The van der Waals surface area contributed by atoms with E-state index in [4.69, 9.17) is 0 Å². The smallest absolute Gasteiger partial charge is 0.270 e. The Kier molecular flexibility index (Phi) is 4.91. The van der Waals surface area contributed by atoms with Crippen molar-refractivity contribution in [2.24, 2.45) is 0 Å². The molecule has 0 fully saturated rings.